The van der Waals surface area contributed by atoms with Crippen molar-refractivity contribution in [3.8, 4) is 22.8 Å². The summed E-state index contributed by atoms with van der Waals surface area (Å²) in [6.07, 6.45) is -1.54. The Kier molecular flexibility index (Phi) is 4.33. The van der Waals surface area contributed by atoms with Gasteiger partial charge in [0.2, 0.25) is 0 Å². The van der Waals surface area contributed by atoms with Gasteiger partial charge in [-0.2, -0.15) is 13.2 Å². The zero-order valence-corrected chi connectivity index (χ0v) is 14.2. The minimum Gasteiger partial charge on any atom is -0.348 e. The lowest BCUT2D eigenvalue weighted by molar-refractivity contribution is -0.140. The Hall–Kier alpha value is -3.29. The Morgan fingerprint density at radius 3 is 2.36 bits per heavy atom. The summed E-state index contributed by atoms with van der Waals surface area (Å²) in [5.74, 6) is -1.53. The van der Waals surface area contributed by atoms with E-state index in [0.29, 0.717) is 11.4 Å². The highest BCUT2D eigenvalue weighted by atomic mass is 19.4. The van der Waals surface area contributed by atoms with Gasteiger partial charge in [0.05, 0.1) is 16.8 Å². The molecule has 0 spiro atoms. The molecule has 2 aliphatic heterocycles. The van der Waals surface area contributed by atoms with Crippen molar-refractivity contribution < 1.29 is 22.0 Å². The fourth-order valence-electron chi connectivity index (χ4n) is 2.91. The second-order valence-corrected chi connectivity index (χ2v) is 6.23. The van der Waals surface area contributed by atoms with E-state index < -0.39 is 23.4 Å². The summed E-state index contributed by atoms with van der Waals surface area (Å²) < 4.78 is 67.6. The van der Waals surface area contributed by atoms with Gasteiger partial charge < -0.3 is 4.57 Å². The molecular weight excluding hydrogens is 377 g/mol. The van der Waals surface area contributed by atoms with E-state index in [0.717, 1.165) is 12.1 Å². The van der Waals surface area contributed by atoms with Gasteiger partial charge in [0.1, 0.15) is 17.3 Å². The maximum atomic E-state index is 13.9. The van der Waals surface area contributed by atoms with Gasteiger partial charge in [-0.15, -0.1) is 0 Å². The first-order valence-electron chi connectivity index (χ1n) is 8.25. The molecule has 0 atom stereocenters. The van der Waals surface area contributed by atoms with Crippen LogP contribution in [-0.4, -0.2) is 14.5 Å². The van der Waals surface area contributed by atoms with Crippen LogP contribution in [0.1, 0.15) is 11.1 Å². The van der Waals surface area contributed by atoms with Crippen LogP contribution in [0.5, 0.6) is 0 Å². The smallest absolute Gasteiger partial charge is 0.348 e. The minimum atomic E-state index is -4.76. The van der Waals surface area contributed by atoms with Gasteiger partial charge in [0.15, 0.2) is 5.82 Å². The molecule has 0 fully saturated rings. The molecule has 0 amide bonds. The van der Waals surface area contributed by atoms with E-state index in [1.54, 1.807) is 41.2 Å². The molecule has 0 saturated carbocycles. The molecule has 8 heteroatoms. The highest BCUT2D eigenvalue weighted by Crippen LogP contribution is 2.32. The van der Waals surface area contributed by atoms with Crippen LogP contribution in [0.25, 0.3) is 22.8 Å². The Morgan fingerprint density at radius 2 is 1.61 bits per heavy atom. The lowest BCUT2D eigenvalue weighted by Gasteiger charge is -2.12. The number of hydrogen-bond donors (Lipinski definition) is 0. The van der Waals surface area contributed by atoms with E-state index in [4.69, 9.17) is 0 Å². The molecule has 2 aromatic carbocycles. The van der Waals surface area contributed by atoms with Crippen LogP contribution >= 0.6 is 0 Å². The fraction of sp³-hybridized carbons (Fsp3) is 0.100. The van der Waals surface area contributed by atoms with Crippen molar-refractivity contribution in [2.75, 3.05) is 0 Å². The fourth-order valence-corrected chi connectivity index (χ4v) is 2.91. The third-order valence-corrected chi connectivity index (χ3v) is 4.24. The van der Waals surface area contributed by atoms with Gasteiger partial charge in [-0.05, 0) is 35.9 Å². The third kappa shape index (κ3) is 3.45. The SMILES string of the molecule is Fc1ccccc1-c1nc2ccn(Cc3ccc(F)c(C(F)(F)F)c3)cc-2n1. The molecule has 28 heavy (non-hydrogen) atoms. The number of benzene rings is 2. The Bertz CT molecular complexity index is 1120. The van der Waals surface area contributed by atoms with E-state index >= 15 is 0 Å². The molecule has 142 valence electrons. The lowest BCUT2D eigenvalue weighted by Crippen LogP contribution is -2.10. The van der Waals surface area contributed by atoms with Gasteiger partial charge in [0, 0.05) is 18.9 Å². The van der Waals surface area contributed by atoms with Gasteiger partial charge in [-0.1, -0.05) is 18.2 Å². The average Bonchev–Trinajstić information content (AvgIpc) is 3.06. The van der Waals surface area contributed by atoms with Crippen molar-refractivity contribution in [3.05, 3.63) is 83.7 Å². The molecular formula is C20H12F5N3. The molecule has 0 aromatic heterocycles. The number of aromatic nitrogens is 3. The van der Waals surface area contributed by atoms with Crippen molar-refractivity contribution >= 4 is 0 Å². The van der Waals surface area contributed by atoms with Gasteiger partial charge >= 0.3 is 6.18 Å². The standard InChI is InChI=1S/C20H12F5N3/c21-15-4-2-1-3-13(15)19-26-17-7-8-28(11-18(17)27-19)10-12-5-6-16(22)14(9-12)20(23,24)25/h1-9,11H,10H2. The number of halogens is 5. The summed E-state index contributed by atoms with van der Waals surface area (Å²) in [5.41, 5.74) is 0.246. The maximum Gasteiger partial charge on any atom is 0.419 e. The second-order valence-electron chi connectivity index (χ2n) is 6.23. The van der Waals surface area contributed by atoms with Crippen LogP contribution < -0.4 is 0 Å². The zero-order chi connectivity index (χ0) is 19.9. The molecule has 0 radical (unpaired) electrons. The third-order valence-electron chi connectivity index (χ3n) is 4.24. The van der Waals surface area contributed by atoms with Crippen LogP contribution in [0.3, 0.4) is 0 Å². The summed E-state index contributed by atoms with van der Waals surface area (Å²) in [5, 5.41) is 0. The van der Waals surface area contributed by atoms with E-state index in [2.05, 4.69) is 9.97 Å². The first kappa shape index (κ1) is 18.1. The molecule has 2 heterocycles. The topological polar surface area (TPSA) is 30.7 Å². The molecule has 0 N–H and O–H groups in total. The number of rotatable bonds is 3. The number of fused-ring (bicyclic) bond motifs is 1. The van der Waals surface area contributed by atoms with Crippen LogP contribution in [0.4, 0.5) is 22.0 Å². The second kappa shape index (κ2) is 6.70. The molecule has 0 aliphatic carbocycles. The molecule has 0 bridgehead atoms. The summed E-state index contributed by atoms with van der Waals surface area (Å²) >= 11 is 0. The lowest BCUT2D eigenvalue weighted by atomic mass is 10.1. The van der Waals surface area contributed by atoms with Gasteiger partial charge in [-0.25, -0.2) is 18.7 Å². The van der Waals surface area contributed by atoms with Crippen LogP contribution in [0.15, 0.2) is 60.9 Å². The quantitative estimate of drug-likeness (QED) is 0.440. The van der Waals surface area contributed by atoms with Crippen molar-refractivity contribution in [2.24, 2.45) is 0 Å². The molecule has 2 aromatic rings. The number of nitrogens with zero attached hydrogens (tertiary/aromatic N) is 3. The predicted octanol–water partition coefficient (Wildman–Crippen LogP) is 5.40. The van der Waals surface area contributed by atoms with Crippen molar-refractivity contribution in [1.82, 2.24) is 14.5 Å². The Morgan fingerprint density at radius 1 is 0.857 bits per heavy atom. The van der Waals surface area contributed by atoms with Crippen LogP contribution in [0.2, 0.25) is 0 Å². The number of pyridine rings is 1. The molecule has 2 aliphatic rings. The van der Waals surface area contributed by atoms with Gasteiger partial charge in [0.25, 0.3) is 0 Å². The van der Waals surface area contributed by atoms with Crippen molar-refractivity contribution in [3.63, 3.8) is 0 Å². The summed E-state index contributed by atoms with van der Waals surface area (Å²) in [6, 6.07) is 10.6. The predicted molar refractivity (Wildman–Crippen MR) is 92.5 cm³/mol. The van der Waals surface area contributed by atoms with Crippen molar-refractivity contribution in [2.45, 2.75) is 12.7 Å². The largest absolute Gasteiger partial charge is 0.419 e. The van der Waals surface area contributed by atoms with Gasteiger partial charge in [-0.3, -0.25) is 0 Å². The minimum absolute atomic E-state index is 0.0845. The highest BCUT2D eigenvalue weighted by Gasteiger charge is 2.34. The Labute approximate surface area is 156 Å². The Balaban J connectivity index is 1.66. The zero-order valence-electron chi connectivity index (χ0n) is 14.2. The normalized spacial score (nSPS) is 11.9. The first-order valence-corrected chi connectivity index (χ1v) is 8.25. The molecule has 0 unspecified atom stereocenters. The molecule has 4 rings (SSSR count). The molecule has 0 saturated heterocycles. The van der Waals surface area contributed by atoms with Crippen molar-refractivity contribution in [1.29, 1.82) is 0 Å². The monoisotopic (exact) mass is 389 g/mol. The summed E-state index contributed by atoms with van der Waals surface area (Å²) in [6.45, 7) is 0.0845. The molecule has 3 nitrogen and oxygen atoms in total. The number of imidazole rings is 1. The van der Waals surface area contributed by atoms with Crippen LogP contribution in [-0.2, 0) is 12.7 Å². The first-order chi connectivity index (χ1) is 13.3. The average molecular weight is 389 g/mol. The van der Waals surface area contributed by atoms with E-state index in [1.807, 2.05) is 0 Å². The van der Waals surface area contributed by atoms with E-state index in [1.165, 1.54) is 12.1 Å². The summed E-state index contributed by atoms with van der Waals surface area (Å²) in [7, 11) is 0. The number of alkyl halides is 3. The highest BCUT2D eigenvalue weighted by molar-refractivity contribution is 5.65. The van der Waals surface area contributed by atoms with Crippen LogP contribution in [0, 0.1) is 11.6 Å². The summed E-state index contributed by atoms with van der Waals surface area (Å²) in [4.78, 5) is 8.59. The van der Waals surface area contributed by atoms with E-state index in [9.17, 15) is 22.0 Å². The van der Waals surface area contributed by atoms with E-state index in [-0.39, 0.29) is 23.5 Å². The number of hydrogen-bond acceptors (Lipinski definition) is 2. The maximum absolute atomic E-state index is 13.9.